The first kappa shape index (κ1) is 15.5. The van der Waals surface area contributed by atoms with Gasteiger partial charge in [-0.15, -0.1) is 0 Å². The van der Waals surface area contributed by atoms with E-state index in [1.807, 2.05) is 26.0 Å². The number of hydrogen-bond acceptors (Lipinski definition) is 3. The predicted molar refractivity (Wildman–Crippen MR) is 86.7 cm³/mol. The molecule has 1 aromatic heterocycles. The number of ether oxygens (including phenoxy) is 1. The molecule has 0 saturated heterocycles. The molecule has 0 aliphatic heterocycles. The highest BCUT2D eigenvalue weighted by atomic mass is 79.9. The summed E-state index contributed by atoms with van der Waals surface area (Å²) in [5, 5.41) is 2.69. The van der Waals surface area contributed by atoms with Crippen molar-refractivity contribution < 1.29 is 9.53 Å². The van der Waals surface area contributed by atoms with E-state index in [1.165, 1.54) is 5.56 Å². The predicted octanol–water partition coefficient (Wildman–Crippen LogP) is 3.79. The van der Waals surface area contributed by atoms with Crippen LogP contribution in [0.2, 0.25) is 0 Å². The molecule has 2 aromatic rings. The Hall–Kier alpha value is -1.88. The van der Waals surface area contributed by atoms with Crippen molar-refractivity contribution in [2.75, 3.05) is 11.9 Å². The Morgan fingerprint density at radius 3 is 2.57 bits per heavy atom. The second-order valence-electron chi connectivity index (χ2n) is 4.90. The number of benzene rings is 1. The lowest BCUT2D eigenvalue weighted by Crippen LogP contribution is -2.21. The Morgan fingerprint density at radius 2 is 1.90 bits per heavy atom. The zero-order chi connectivity index (χ0) is 15.4. The molecular formula is C16H17BrN2O2. The summed E-state index contributed by atoms with van der Waals surface area (Å²) in [6.45, 7) is 6.00. The quantitative estimate of drug-likeness (QED) is 0.914. The molecule has 5 heteroatoms. The lowest BCUT2D eigenvalue weighted by molar-refractivity contribution is -0.118. The van der Waals surface area contributed by atoms with Crippen LogP contribution in [0.1, 0.15) is 16.7 Å². The van der Waals surface area contributed by atoms with Crippen molar-refractivity contribution >= 4 is 27.7 Å². The molecule has 0 aliphatic rings. The van der Waals surface area contributed by atoms with Crippen LogP contribution in [-0.4, -0.2) is 17.5 Å². The van der Waals surface area contributed by atoms with Crippen LogP contribution in [0, 0.1) is 20.8 Å². The van der Waals surface area contributed by atoms with E-state index in [9.17, 15) is 4.79 Å². The average molecular weight is 349 g/mol. The molecule has 110 valence electrons. The van der Waals surface area contributed by atoms with Crippen molar-refractivity contribution in [3.8, 4) is 5.75 Å². The minimum Gasteiger partial charge on any atom is -0.483 e. The first-order valence-corrected chi connectivity index (χ1v) is 7.37. The molecule has 2 rings (SSSR count). The summed E-state index contributed by atoms with van der Waals surface area (Å²) in [6, 6.07) is 7.55. The Bertz CT molecular complexity index is 654. The van der Waals surface area contributed by atoms with Crippen molar-refractivity contribution in [3.63, 3.8) is 0 Å². The Balaban J connectivity index is 1.95. The third kappa shape index (κ3) is 4.29. The molecule has 1 heterocycles. The summed E-state index contributed by atoms with van der Waals surface area (Å²) in [4.78, 5) is 15.9. The maximum atomic E-state index is 11.8. The molecule has 0 saturated carbocycles. The summed E-state index contributed by atoms with van der Waals surface area (Å²) >= 11 is 3.29. The van der Waals surface area contributed by atoms with Crippen molar-refractivity contribution in [2.45, 2.75) is 20.8 Å². The highest BCUT2D eigenvalue weighted by molar-refractivity contribution is 9.10. The van der Waals surface area contributed by atoms with E-state index in [1.54, 1.807) is 12.3 Å². The molecule has 21 heavy (non-hydrogen) atoms. The highest BCUT2D eigenvalue weighted by Crippen LogP contribution is 2.22. The minimum absolute atomic E-state index is 0.0406. The Morgan fingerprint density at radius 1 is 1.19 bits per heavy atom. The van der Waals surface area contributed by atoms with Gasteiger partial charge in [-0.2, -0.15) is 0 Å². The molecule has 0 aliphatic carbocycles. The van der Waals surface area contributed by atoms with Crippen molar-refractivity contribution in [1.29, 1.82) is 0 Å². The fourth-order valence-electron chi connectivity index (χ4n) is 1.86. The Labute approximate surface area is 132 Å². The van der Waals surface area contributed by atoms with Gasteiger partial charge in [-0.1, -0.05) is 6.07 Å². The van der Waals surface area contributed by atoms with Crippen LogP contribution < -0.4 is 10.1 Å². The molecule has 0 fully saturated rings. The first-order valence-electron chi connectivity index (χ1n) is 6.58. The molecule has 1 amide bonds. The largest absolute Gasteiger partial charge is 0.483 e. The van der Waals surface area contributed by atoms with Crippen LogP contribution in [0.25, 0.3) is 0 Å². The van der Waals surface area contributed by atoms with Gasteiger partial charge in [0.25, 0.3) is 5.91 Å². The van der Waals surface area contributed by atoms with E-state index >= 15 is 0 Å². The summed E-state index contributed by atoms with van der Waals surface area (Å²) in [5.74, 6) is 1.00. The van der Waals surface area contributed by atoms with Gasteiger partial charge in [0.15, 0.2) is 6.61 Å². The highest BCUT2D eigenvalue weighted by Gasteiger charge is 2.07. The molecular weight excluding hydrogens is 332 g/mol. The topological polar surface area (TPSA) is 51.2 Å². The SMILES string of the molecule is Cc1cc(C)c(OCC(=O)Nc2ccc(Br)cn2)cc1C. The van der Waals surface area contributed by atoms with Gasteiger partial charge in [-0.05, 0) is 71.6 Å². The number of halogens is 1. The minimum atomic E-state index is -0.234. The van der Waals surface area contributed by atoms with Crippen LogP contribution in [0.5, 0.6) is 5.75 Å². The monoisotopic (exact) mass is 348 g/mol. The van der Waals surface area contributed by atoms with Gasteiger partial charge in [0, 0.05) is 10.7 Å². The number of pyridine rings is 1. The molecule has 0 bridgehead atoms. The van der Waals surface area contributed by atoms with Crippen molar-refractivity contribution in [1.82, 2.24) is 4.98 Å². The second kappa shape index (κ2) is 6.72. The lowest BCUT2D eigenvalue weighted by Gasteiger charge is -2.11. The smallest absolute Gasteiger partial charge is 0.263 e. The number of rotatable bonds is 4. The van der Waals surface area contributed by atoms with Gasteiger partial charge in [-0.25, -0.2) is 4.98 Å². The van der Waals surface area contributed by atoms with E-state index in [0.717, 1.165) is 21.3 Å². The van der Waals surface area contributed by atoms with Gasteiger partial charge in [-0.3, -0.25) is 4.79 Å². The third-order valence-corrected chi connectivity index (χ3v) is 3.61. The van der Waals surface area contributed by atoms with Gasteiger partial charge in [0.05, 0.1) is 0 Å². The Kier molecular flexibility index (Phi) is 4.96. The van der Waals surface area contributed by atoms with E-state index in [2.05, 4.69) is 39.2 Å². The molecule has 4 nitrogen and oxygen atoms in total. The fraction of sp³-hybridized carbons (Fsp3) is 0.250. The molecule has 0 unspecified atom stereocenters. The van der Waals surface area contributed by atoms with Gasteiger partial charge in [0.2, 0.25) is 0 Å². The number of amides is 1. The normalized spacial score (nSPS) is 10.3. The van der Waals surface area contributed by atoms with E-state index in [-0.39, 0.29) is 12.5 Å². The molecule has 0 atom stereocenters. The number of anilines is 1. The number of hydrogen-bond donors (Lipinski definition) is 1. The van der Waals surface area contributed by atoms with Crippen LogP contribution >= 0.6 is 15.9 Å². The number of carbonyl (C=O) groups is 1. The van der Waals surface area contributed by atoms with Crippen LogP contribution in [0.3, 0.4) is 0 Å². The summed E-state index contributed by atoms with van der Waals surface area (Å²) in [7, 11) is 0. The lowest BCUT2D eigenvalue weighted by atomic mass is 10.1. The van der Waals surface area contributed by atoms with Gasteiger partial charge >= 0.3 is 0 Å². The van der Waals surface area contributed by atoms with Crippen LogP contribution in [-0.2, 0) is 4.79 Å². The van der Waals surface area contributed by atoms with Crippen molar-refractivity contribution in [2.24, 2.45) is 0 Å². The number of aryl methyl sites for hydroxylation is 3. The van der Waals surface area contributed by atoms with Gasteiger partial charge in [0.1, 0.15) is 11.6 Å². The number of nitrogens with one attached hydrogen (secondary N) is 1. The number of nitrogens with zero attached hydrogens (tertiary/aromatic N) is 1. The summed E-state index contributed by atoms with van der Waals surface area (Å²) in [6.07, 6.45) is 1.63. The molecule has 0 spiro atoms. The van der Waals surface area contributed by atoms with Crippen LogP contribution in [0.4, 0.5) is 5.82 Å². The van der Waals surface area contributed by atoms with Crippen LogP contribution in [0.15, 0.2) is 34.9 Å². The molecule has 1 aromatic carbocycles. The number of aromatic nitrogens is 1. The maximum Gasteiger partial charge on any atom is 0.263 e. The maximum absolute atomic E-state index is 11.8. The standard InChI is InChI=1S/C16H17BrN2O2/c1-10-6-12(3)14(7-11(10)2)21-9-16(20)19-15-5-4-13(17)8-18-15/h4-8H,9H2,1-3H3,(H,18,19,20). The van der Waals surface area contributed by atoms with Crippen molar-refractivity contribution in [3.05, 3.63) is 51.6 Å². The summed E-state index contributed by atoms with van der Waals surface area (Å²) in [5.41, 5.74) is 3.38. The molecule has 0 radical (unpaired) electrons. The third-order valence-electron chi connectivity index (χ3n) is 3.14. The van der Waals surface area contributed by atoms with Gasteiger partial charge < -0.3 is 10.1 Å². The fourth-order valence-corrected chi connectivity index (χ4v) is 2.10. The number of carbonyl (C=O) groups excluding carboxylic acids is 1. The zero-order valence-corrected chi connectivity index (χ0v) is 13.8. The second-order valence-corrected chi connectivity index (χ2v) is 5.82. The van der Waals surface area contributed by atoms with E-state index < -0.39 is 0 Å². The first-order chi connectivity index (χ1) is 9.95. The summed E-state index contributed by atoms with van der Waals surface area (Å²) < 4.78 is 6.44. The zero-order valence-electron chi connectivity index (χ0n) is 12.2. The van der Waals surface area contributed by atoms with E-state index in [4.69, 9.17) is 4.74 Å². The molecule has 1 N–H and O–H groups in total. The average Bonchev–Trinajstić information content (AvgIpc) is 2.44. The van der Waals surface area contributed by atoms with E-state index in [0.29, 0.717) is 5.82 Å².